The molecule has 18 heavy (non-hydrogen) atoms. The van der Waals surface area contributed by atoms with Crippen molar-refractivity contribution in [3.63, 3.8) is 0 Å². The van der Waals surface area contributed by atoms with Crippen LogP contribution in [0.15, 0.2) is 0 Å². The first kappa shape index (κ1) is 17.6. The van der Waals surface area contributed by atoms with E-state index in [0.717, 1.165) is 0 Å². The third-order valence-corrected chi connectivity index (χ3v) is 2.83. The molecule has 1 atom stereocenters. The molecule has 0 rings (SSSR count). The molecule has 0 aliphatic carbocycles. The lowest BCUT2D eigenvalue weighted by molar-refractivity contribution is -0.157. The highest BCUT2D eigenvalue weighted by atomic mass is 35.7. The van der Waals surface area contributed by atoms with E-state index in [1.807, 2.05) is 0 Å². The summed E-state index contributed by atoms with van der Waals surface area (Å²) in [7, 11) is 2.32. The van der Waals surface area contributed by atoms with Crippen LogP contribution in [-0.2, 0) is 27.8 Å². The van der Waals surface area contributed by atoms with Gasteiger partial charge in [0.15, 0.2) is 6.10 Å². The fraction of sp³-hybridized carbons (Fsp3) is 0.900. The summed E-state index contributed by atoms with van der Waals surface area (Å²) in [4.78, 5) is 11.5. The summed E-state index contributed by atoms with van der Waals surface area (Å²) in [5, 5.41) is 0. The highest BCUT2D eigenvalue weighted by molar-refractivity contribution is 8.09. The molecule has 6 nitrogen and oxygen atoms in total. The Morgan fingerprint density at radius 2 is 1.94 bits per heavy atom. The van der Waals surface area contributed by atoms with Crippen LogP contribution in [-0.4, -0.2) is 40.8 Å². The molecule has 0 radical (unpaired) electrons. The first-order chi connectivity index (χ1) is 8.11. The topological polar surface area (TPSA) is 78.9 Å². The Morgan fingerprint density at radius 1 is 1.39 bits per heavy atom. The molecular weight excluding hydrogens is 284 g/mol. The smallest absolute Gasteiger partial charge is 0.355 e. The Balaban J connectivity index is 4.47. The van der Waals surface area contributed by atoms with E-state index >= 15 is 0 Å². The quantitative estimate of drug-likeness (QED) is 0.499. The molecule has 0 aromatic heterocycles. The van der Waals surface area contributed by atoms with E-state index < -0.39 is 26.8 Å². The second-order valence-electron chi connectivity index (χ2n) is 4.50. The largest absolute Gasteiger partial charge is 0.464 e. The van der Waals surface area contributed by atoms with Gasteiger partial charge in [-0.1, -0.05) is 13.8 Å². The number of esters is 1. The fourth-order valence-electron chi connectivity index (χ4n) is 1.29. The van der Waals surface area contributed by atoms with E-state index in [1.54, 1.807) is 20.8 Å². The summed E-state index contributed by atoms with van der Waals surface area (Å²) in [6, 6.07) is 0. The summed E-state index contributed by atoms with van der Waals surface area (Å²) < 4.78 is 35.7. The van der Waals surface area contributed by atoms with Crippen molar-refractivity contribution in [1.82, 2.24) is 0 Å². The molecule has 0 aliphatic rings. The van der Waals surface area contributed by atoms with E-state index in [-0.39, 0.29) is 19.6 Å². The summed E-state index contributed by atoms with van der Waals surface area (Å²) >= 11 is 0. The van der Waals surface area contributed by atoms with Crippen LogP contribution >= 0.6 is 10.7 Å². The van der Waals surface area contributed by atoms with E-state index in [2.05, 4.69) is 4.18 Å². The molecule has 0 N–H and O–H groups in total. The Hall–Kier alpha value is -0.370. The number of carbonyl (C=O) groups excluding carboxylic acids is 1. The van der Waals surface area contributed by atoms with Gasteiger partial charge in [-0.25, -0.2) is 4.79 Å². The van der Waals surface area contributed by atoms with E-state index in [4.69, 9.17) is 20.2 Å². The molecule has 0 saturated carbocycles. The predicted octanol–water partition coefficient (Wildman–Crippen LogP) is 1.48. The Bertz CT molecular complexity index is 365. The predicted molar refractivity (Wildman–Crippen MR) is 66.6 cm³/mol. The minimum absolute atomic E-state index is 0.141. The zero-order valence-corrected chi connectivity index (χ0v) is 12.5. The van der Waals surface area contributed by atoms with Crippen molar-refractivity contribution in [3.05, 3.63) is 0 Å². The monoisotopic (exact) mass is 302 g/mol. The maximum atomic E-state index is 11.5. The molecule has 8 heteroatoms. The maximum absolute atomic E-state index is 11.5. The molecule has 0 saturated heterocycles. The number of hydrogen-bond donors (Lipinski definition) is 0. The molecule has 108 valence electrons. The number of methoxy groups -OCH3 is 1. The zero-order valence-electron chi connectivity index (χ0n) is 10.9. The summed E-state index contributed by atoms with van der Waals surface area (Å²) in [5.74, 6) is -0.484. The molecule has 0 aliphatic heterocycles. The van der Waals surface area contributed by atoms with Crippen molar-refractivity contribution in [1.29, 1.82) is 0 Å². The van der Waals surface area contributed by atoms with Crippen LogP contribution in [0.25, 0.3) is 0 Å². The first-order valence-corrected chi connectivity index (χ1v) is 7.63. The van der Waals surface area contributed by atoms with Crippen LogP contribution in [0.5, 0.6) is 0 Å². The summed E-state index contributed by atoms with van der Waals surface area (Å²) in [5.41, 5.74) is -0.602. The van der Waals surface area contributed by atoms with Crippen LogP contribution < -0.4 is 0 Å². The summed E-state index contributed by atoms with van der Waals surface area (Å²) in [6.07, 6.45) is -0.504. The van der Waals surface area contributed by atoms with Gasteiger partial charge >= 0.3 is 15.3 Å². The SMILES string of the molecule is CCOC(=O)C(CC(C)(C)COS(=O)(=O)Cl)OC. The van der Waals surface area contributed by atoms with Crippen LogP contribution in [0.2, 0.25) is 0 Å². The van der Waals surface area contributed by atoms with Crippen molar-refractivity contribution >= 4 is 26.0 Å². The van der Waals surface area contributed by atoms with Gasteiger partial charge in [0.1, 0.15) is 0 Å². The van der Waals surface area contributed by atoms with Crippen LogP contribution in [0.1, 0.15) is 27.2 Å². The maximum Gasteiger partial charge on any atom is 0.355 e. The Morgan fingerprint density at radius 3 is 2.33 bits per heavy atom. The van der Waals surface area contributed by atoms with Gasteiger partial charge in [-0.05, 0) is 18.8 Å². The van der Waals surface area contributed by atoms with Gasteiger partial charge in [0.2, 0.25) is 0 Å². The lowest BCUT2D eigenvalue weighted by Crippen LogP contribution is -2.33. The molecule has 0 amide bonds. The number of hydrogen-bond acceptors (Lipinski definition) is 6. The lowest BCUT2D eigenvalue weighted by atomic mass is 9.87. The van der Waals surface area contributed by atoms with Gasteiger partial charge in [0.05, 0.1) is 13.2 Å². The van der Waals surface area contributed by atoms with Crippen LogP contribution in [0.3, 0.4) is 0 Å². The van der Waals surface area contributed by atoms with Crippen molar-refractivity contribution in [2.75, 3.05) is 20.3 Å². The summed E-state index contributed by atoms with van der Waals surface area (Å²) in [6.45, 7) is 5.28. The van der Waals surface area contributed by atoms with Crippen molar-refractivity contribution in [2.45, 2.75) is 33.3 Å². The molecule has 0 heterocycles. The van der Waals surface area contributed by atoms with E-state index in [0.29, 0.717) is 0 Å². The Kier molecular flexibility index (Phi) is 7.13. The van der Waals surface area contributed by atoms with Gasteiger partial charge in [-0.3, -0.25) is 4.18 Å². The zero-order chi connectivity index (χ0) is 14.4. The molecule has 1 unspecified atom stereocenters. The van der Waals surface area contributed by atoms with Crippen molar-refractivity contribution < 1.29 is 26.9 Å². The number of carbonyl (C=O) groups is 1. The van der Waals surface area contributed by atoms with Crippen molar-refractivity contribution in [3.8, 4) is 0 Å². The fourth-order valence-corrected chi connectivity index (χ4v) is 1.88. The second-order valence-corrected chi connectivity index (χ2v) is 6.66. The van der Waals surface area contributed by atoms with E-state index in [1.165, 1.54) is 7.11 Å². The van der Waals surface area contributed by atoms with Crippen molar-refractivity contribution in [2.24, 2.45) is 5.41 Å². The van der Waals surface area contributed by atoms with Gasteiger partial charge in [-0.2, -0.15) is 8.42 Å². The van der Waals surface area contributed by atoms with Crippen LogP contribution in [0, 0.1) is 5.41 Å². The highest BCUT2D eigenvalue weighted by Crippen LogP contribution is 2.25. The van der Waals surface area contributed by atoms with E-state index in [9.17, 15) is 13.2 Å². The normalized spacial score (nSPS) is 14.3. The number of halogens is 1. The second kappa shape index (κ2) is 7.28. The third kappa shape index (κ3) is 7.86. The van der Waals surface area contributed by atoms with Gasteiger partial charge in [0.25, 0.3) is 0 Å². The average Bonchev–Trinajstić information content (AvgIpc) is 2.23. The lowest BCUT2D eigenvalue weighted by Gasteiger charge is -2.26. The molecule has 0 fully saturated rings. The van der Waals surface area contributed by atoms with Gasteiger partial charge < -0.3 is 9.47 Å². The first-order valence-electron chi connectivity index (χ1n) is 5.39. The Labute approximate surface area is 112 Å². The molecule has 0 bridgehead atoms. The molecular formula is C10H19ClO6S. The van der Waals surface area contributed by atoms with Crippen LogP contribution in [0.4, 0.5) is 0 Å². The molecule has 0 aromatic carbocycles. The van der Waals surface area contributed by atoms with Gasteiger partial charge in [-0.15, -0.1) is 0 Å². The number of rotatable bonds is 8. The minimum Gasteiger partial charge on any atom is -0.464 e. The third-order valence-electron chi connectivity index (χ3n) is 2.16. The minimum atomic E-state index is -4.02. The standard InChI is InChI=1S/C10H19ClO6S/c1-5-16-9(12)8(15-4)6-10(2,3)7-17-18(11,13)14/h8H,5-7H2,1-4H3. The number of ether oxygens (including phenoxy) is 2. The van der Waals surface area contributed by atoms with Gasteiger partial charge in [0, 0.05) is 17.8 Å². The molecule has 0 aromatic rings. The highest BCUT2D eigenvalue weighted by Gasteiger charge is 2.30. The average molecular weight is 303 g/mol. The molecule has 0 spiro atoms.